The van der Waals surface area contributed by atoms with Gasteiger partial charge in [-0.2, -0.15) is 0 Å². The van der Waals surface area contributed by atoms with Crippen LogP contribution in [0.5, 0.6) is 0 Å². The summed E-state index contributed by atoms with van der Waals surface area (Å²) in [6, 6.07) is 6.34. The number of hydrogen-bond acceptors (Lipinski definition) is 2. The van der Waals surface area contributed by atoms with Gasteiger partial charge in [0.15, 0.2) is 0 Å². The van der Waals surface area contributed by atoms with Gasteiger partial charge in [-0.15, -0.1) is 12.4 Å². The summed E-state index contributed by atoms with van der Waals surface area (Å²) in [5.41, 5.74) is 0.556. The summed E-state index contributed by atoms with van der Waals surface area (Å²) >= 11 is 0. The Bertz CT molecular complexity index is 451. The van der Waals surface area contributed by atoms with Gasteiger partial charge < -0.3 is 10.2 Å². The van der Waals surface area contributed by atoms with Gasteiger partial charge in [-0.1, -0.05) is 18.2 Å². The number of benzene rings is 1. The number of carbonyl (C=O) groups is 1. The second kappa shape index (κ2) is 7.60. The summed E-state index contributed by atoms with van der Waals surface area (Å²) in [6.07, 6.45) is 2.53. The normalized spacial score (nSPS) is 15.3. The lowest BCUT2D eigenvalue weighted by atomic mass is 10.1. The third-order valence-electron chi connectivity index (χ3n) is 3.74. The van der Waals surface area contributed by atoms with Crippen LogP contribution < -0.4 is 5.32 Å². The molecule has 3 nitrogen and oxygen atoms in total. The van der Waals surface area contributed by atoms with E-state index in [1.165, 1.54) is 18.9 Å². The molecule has 1 fully saturated rings. The summed E-state index contributed by atoms with van der Waals surface area (Å²) in [4.78, 5) is 13.6. The van der Waals surface area contributed by atoms with Crippen molar-refractivity contribution in [1.82, 2.24) is 10.2 Å². The highest BCUT2D eigenvalue weighted by Gasteiger charge is 2.22. The Labute approximate surface area is 125 Å². The molecule has 20 heavy (non-hydrogen) atoms. The minimum Gasteiger partial charge on any atom is -0.338 e. The highest BCUT2D eigenvalue weighted by atomic mass is 35.5. The largest absolute Gasteiger partial charge is 0.338 e. The SMILES string of the molecule is CC(c1ccccc1F)N(C)C(=O)CNCC1CC1.Cl. The van der Waals surface area contributed by atoms with Crippen LogP contribution in [0.4, 0.5) is 4.39 Å². The monoisotopic (exact) mass is 300 g/mol. The Hall–Kier alpha value is -1.13. The van der Waals surface area contributed by atoms with E-state index in [4.69, 9.17) is 0 Å². The highest BCUT2D eigenvalue weighted by Crippen LogP contribution is 2.27. The van der Waals surface area contributed by atoms with Gasteiger partial charge in [-0.3, -0.25) is 4.79 Å². The van der Waals surface area contributed by atoms with Gasteiger partial charge in [-0.05, 0) is 38.3 Å². The molecular weight excluding hydrogens is 279 g/mol. The van der Waals surface area contributed by atoms with E-state index in [1.54, 1.807) is 30.1 Å². The highest BCUT2D eigenvalue weighted by molar-refractivity contribution is 5.85. The topological polar surface area (TPSA) is 32.3 Å². The number of hydrogen-bond donors (Lipinski definition) is 1. The zero-order valence-electron chi connectivity index (χ0n) is 11.9. The number of nitrogens with zero attached hydrogens (tertiary/aromatic N) is 1. The predicted molar refractivity (Wildman–Crippen MR) is 80.4 cm³/mol. The molecule has 1 atom stereocenters. The van der Waals surface area contributed by atoms with Gasteiger partial charge in [0.1, 0.15) is 5.82 Å². The molecule has 0 bridgehead atoms. The van der Waals surface area contributed by atoms with Crippen molar-refractivity contribution in [3.63, 3.8) is 0 Å². The van der Waals surface area contributed by atoms with Crippen LogP contribution in [0.1, 0.15) is 31.4 Å². The molecule has 2 rings (SSSR count). The molecule has 1 aromatic carbocycles. The fraction of sp³-hybridized carbons (Fsp3) is 0.533. The number of rotatable bonds is 6. The fourth-order valence-electron chi connectivity index (χ4n) is 2.07. The zero-order valence-corrected chi connectivity index (χ0v) is 12.8. The molecule has 112 valence electrons. The van der Waals surface area contributed by atoms with Crippen molar-refractivity contribution < 1.29 is 9.18 Å². The maximum absolute atomic E-state index is 13.7. The van der Waals surface area contributed by atoms with Gasteiger partial charge in [0.2, 0.25) is 5.91 Å². The van der Waals surface area contributed by atoms with Crippen LogP contribution in [0, 0.1) is 11.7 Å². The average Bonchev–Trinajstić information content (AvgIpc) is 3.21. The number of carbonyl (C=O) groups excluding carboxylic acids is 1. The van der Waals surface area contributed by atoms with Crippen LogP contribution in [-0.2, 0) is 4.79 Å². The van der Waals surface area contributed by atoms with Crippen LogP contribution in [0.25, 0.3) is 0 Å². The standard InChI is InChI=1S/C15H21FN2O.ClH/c1-11(13-5-3-4-6-14(13)16)18(2)15(19)10-17-9-12-7-8-12;/h3-6,11-12,17H,7-10H2,1-2H3;1H. The first-order chi connectivity index (χ1) is 9.09. The van der Waals surface area contributed by atoms with E-state index in [0.717, 1.165) is 12.5 Å². The molecule has 1 aliphatic rings. The molecule has 1 unspecified atom stereocenters. The molecule has 0 radical (unpaired) electrons. The molecule has 0 heterocycles. The van der Waals surface area contributed by atoms with E-state index in [1.807, 2.05) is 6.92 Å². The fourth-order valence-corrected chi connectivity index (χ4v) is 2.07. The lowest BCUT2D eigenvalue weighted by Crippen LogP contribution is -2.37. The minimum absolute atomic E-state index is 0. The Morgan fingerprint density at radius 1 is 1.45 bits per heavy atom. The third-order valence-corrected chi connectivity index (χ3v) is 3.74. The second-order valence-corrected chi connectivity index (χ2v) is 5.28. The quantitative estimate of drug-likeness (QED) is 0.876. The summed E-state index contributed by atoms with van der Waals surface area (Å²) in [5, 5.41) is 3.16. The van der Waals surface area contributed by atoms with Crippen molar-refractivity contribution in [3.8, 4) is 0 Å². The molecule has 0 spiro atoms. The molecule has 1 aromatic rings. The van der Waals surface area contributed by atoms with Gasteiger partial charge >= 0.3 is 0 Å². The Balaban J connectivity index is 0.00000200. The summed E-state index contributed by atoms with van der Waals surface area (Å²) in [5.74, 6) is 0.485. The van der Waals surface area contributed by atoms with Crippen LogP contribution in [0.15, 0.2) is 24.3 Å². The smallest absolute Gasteiger partial charge is 0.236 e. The molecular formula is C15H22ClFN2O. The maximum Gasteiger partial charge on any atom is 0.236 e. The van der Waals surface area contributed by atoms with Gasteiger partial charge in [0.25, 0.3) is 0 Å². The van der Waals surface area contributed by atoms with Gasteiger partial charge in [0.05, 0.1) is 12.6 Å². The van der Waals surface area contributed by atoms with Crippen molar-refractivity contribution >= 4 is 18.3 Å². The lowest BCUT2D eigenvalue weighted by molar-refractivity contribution is -0.130. The summed E-state index contributed by atoms with van der Waals surface area (Å²) in [7, 11) is 1.72. The van der Waals surface area contributed by atoms with Gasteiger partial charge in [0, 0.05) is 12.6 Å². The lowest BCUT2D eigenvalue weighted by Gasteiger charge is -2.25. The van der Waals surface area contributed by atoms with Crippen LogP contribution in [0.3, 0.4) is 0 Å². The molecule has 0 aromatic heterocycles. The summed E-state index contributed by atoms with van der Waals surface area (Å²) < 4.78 is 13.7. The number of amides is 1. The first kappa shape index (κ1) is 16.9. The maximum atomic E-state index is 13.7. The van der Waals surface area contributed by atoms with E-state index in [2.05, 4.69) is 5.32 Å². The van der Waals surface area contributed by atoms with Crippen LogP contribution in [-0.4, -0.2) is 30.9 Å². The first-order valence-corrected chi connectivity index (χ1v) is 6.80. The number of halogens is 2. The van der Waals surface area contributed by atoms with E-state index in [-0.39, 0.29) is 30.2 Å². The van der Waals surface area contributed by atoms with Crippen molar-refractivity contribution in [2.24, 2.45) is 5.92 Å². The molecule has 1 aliphatic carbocycles. The zero-order chi connectivity index (χ0) is 13.8. The number of likely N-dealkylation sites (N-methyl/N-ethyl adjacent to an activating group) is 1. The Morgan fingerprint density at radius 3 is 2.70 bits per heavy atom. The first-order valence-electron chi connectivity index (χ1n) is 6.80. The molecule has 0 aliphatic heterocycles. The number of nitrogens with one attached hydrogen (secondary N) is 1. The van der Waals surface area contributed by atoms with Crippen molar-refractivity contribution in [1.29, 1.82) is 0 Å². The third kappa shape index (κ3) is 4.46. The van der Waals surface area contributed by atoms with E-state index >= 15 is 0 Å². The Kier molecular flexibility index (Phi) is 6.43. The molecule has 0 saturated heterocycles. The van der Waals surface area contributed by atoms with E-state index in [9.17, 15) is 9.18 Å². The van der Waals surface area contributed by atoms with Gasteiger partial charge in [-0.25, -0.2) is 4.39 Å². The van der Waals surface area contributed by atoms with Crippen molar-refractivity contribution in [2.75, 3.05) is 20.1 Å². The van der Waals surface area contributed by atoms with E-state index in [0.29, 0.717) is 12.1 Å². The molecule has 5 heteroatoms. The van der Waals surface area contributed by atoms with Crippen LogP contribution in [0.2, 0.25) is 0 Å². The predicted octanol–water partition coefficient (Wildman–Crippen LogP) is 2.77. The van der Waals surface area contributed by atoms with Crippen molar-refractivity contribution in [2.45, 2.75) is 25.8 Å². The van der Waals surface area contributed by atoms with Crippen molar-refractivity contribution in [3.05, 3.63) is 35.6 Å². The molecule has 1 N–H and O–H groups in total. The minimum atomic E-state index is -0.263. The summed E-state index contributed by atoms with van der Waals surface area (Å²) in [6.45, 7) is 3.08. The average molecular weight is 301 g/mol. The Morgan fingerprint density at radius 2 is 2.10 bits per heavy atom. The van der Waals surface area contributed by atoms with E-state index < -0.39 is 0 Å². The van der Waals surface area contributed by atoms with Crippen LogP contribution >= 0.6 is 12.4 Å². The molecule has 1 saturated carbocycles. The second-order valence-electron chi connectivity index (χ2n) is 5.28. The molecule has 1 amide bonds.